The van der Waals surface area contributed by atoms with Gasteiger partial charge in [-0.15, -0.1) is 0 Å². The van der Waals surface area contributed by atoms with Crippen molar-refractivity contribution in [2.45, 2.75) is 55.3 Å². The van der Waals surface area contributed by atoms with Crippen LogP contribution in [0.25, 0.3) is 0 Å². The normalized spacial score (nSPS) is 36.3. The van der Waals surface area contributed by atoms with Crippen molar-refractivity contribution in [1.29, 1.82) is 0 Å². The molecule has 2 aliphatic heterocycles. The highest BCUT2D eigenvalue weighted by atomic mass is 32.1. The lowest BCUT2D eigenvalue weighted by Crippen LogP contribution is -2.74. The predicted molar refractivity (Wildman–Crippen MR) is 110 cm³/mol. The largest absolute Gasteiger partial charge is 0.493 e. The maximum absolute atomic E-state index is 12.5. The number of anilines is 1. The van der Waals surface area contributed by atoms with E-state index in [1.807, 2.05) is 6.07 Å². The number of thiazole rings is 1. The first-order chi connectivity index (χ1) is 14.0. The average Bonchev–Trinajstić information content (AvgIpc) is 3.33. The van der Waals surface area contributed by atoms with Gasteiger partial charge in [0.15, 0.2) is 16.6 Å². The van der Waals surface area contributed by atoms with Gasteiger partial charge in [-0.05, 0) is 49.8 Å². The Labute approximate surface area is 173 Å². The molecule has 1 saturated carbocycles. The van der Waals surface area contributed by atoms with Gasteiger partial charge >= 0.3 is 0 Å². The number of aliphatic hydroxyl groups is 1. The lowest BCUT2D eigenvalue weighted by Gasteiger charge is -2.62. The molecule has 3 aliphatic carbocycles. The number of fused-ring (bicyclic) bond motifs is 2. The van der Waals surface area contributed by atoms with Crippen molar-refractivity contribution in [3.05, 3.63) is 33.8 Å². The highest BCUT2D eigenvalue weighted by molar-refractivity contribution is 7.15. The maximum atomic E-state index is 12.5. The summed E-state index contributed by atoms with van der Waals surface area (Å²) in [7, 11) is 1.69. The van der Waals surface area contributed by atoms with Crippen molar-refractivity contribution in [2.75, 3.05) is 25.9 Å². The van der Waals surface area contributed by atoms with E-state index in [1.165, 1.54) is 35.3 Å². The van der Waals surface area contributed by atoms with E-state index in [1.54, 1.807) is 7.11 Å². The molecule has 6 nitrogen and oxygen atoms in total. The number of nitrogen functional groups attached to an aromatic ring is 1. The number of hydrogen-bond donors (Lipinski definition) is 2. The van der Waals surface area contributed by atoms with E-state index in [0.717, 1.165) is 53.9 Å². The van der Waals surface area contributed by atoms with Crippen molar-refractivity contribution < 1.29 is 14.6 Å². The van der Waals surface area contributed by atoms with Crippen LogP contribution in [0.5, 0.6) is 11.5 Å². The summed E-state index contributed by atoms with van der Waals surface area (Å²) in [5, 5.41) is 13.1. The second kappa shape index (κ2) is 5.25. The Morgan fingerprint density at radius 3 is 3.07 bits per heavy atom. The zero-order chi connectivity index (χ0) is 19.5. The number of benzene rings is 1. The summed E-state index contributed by atoms with van der Waals surface area (Å²) in [5.74, 6) is 2.38. The molecule has 1 saturated heterocycles. The monoisotopic (exact) mass is 411 g/mol. The number of ether oxygens (including phenoxy) is 2. The summed E-state index contributed by atoms with van der Waals surface area (Å²) in [6.07, 6.45) is 4.70. The maximum Gasteiger partial charge on any atom is 0.180 e. The fourth-order valence-corrected chi connectivity index (χ4v) is 7.73. The molecule has 2 aromatic rings. The van der Waals surface area contributed by atoms with Crippen LogP contribution in [-0.4, -0.2) is 46.8 Å². The van der Waals surface area contributed by atoms with Gasteiger partial charge < -0.3 is 20.3 Å². The van der Waals surface area contributed by atoms with Crippen LogP contribution in [0, 0.1) is 5.92 Å². The quantitative estimate of drug-likeness (QED) is 0.808. The van der Waals surface area contributed by atoms with Gasteiger partial charge in [-0.25, -0.2) is 4.98 Å². The van der Waals surface area contributed by atoms with E-state index in [-0.39, 0.29) is 12.1 Å². The molecule has 0 radical (unpaired) electrons. The van der Waals surface area contributed by atoms with Crippen molar-refractivity contribution in [1.82, 2.24) is 9.88 Å². The van der Waals surface area contributed by atoms with Gasteiger partial charge in [0.25, 0.3) is 0 Å². The predicted octanol–water partition coefficient (Wildman–Crippen LogP) is 2.43. The third kappa shape index (κ3) is 1.88. The number of likely N-dealkylation sites (tertiary alicyclic amines) is 1. The Morgan fingerprint density at radius 1 is 1.41 bits per heavy atom. The highest BCUT2D eigenvalue weighted by Gasteiger charge is 2.73. The molecule has 3 N–H and O–H groups in total. The molecular formula is C22H25N3O3S. The SMILES string of the molecule is COc1ccc2c3c1O[C@H]1c4sc(N)nc4C[C@@]4(O)[C@@H](C2)N(CC2CC2)CC[C@]314. The van der Waals surface area contributed by atoms with Gasteiger partial charge in [-0.1, -0.05) is 17.4 Å². The smallest absolute Gasteiger partial charge is 0.180 e. The number of nitrogens with zero attached hydrogens (tertiary/aromatic N) is 2. The van der Waals surface area contributed by atoms with Gasteiger partial charge in [0.05, 0.1) is 28.7 Å². The van der Waals surface area contributed by atoms with Crippen LogP contribution < -0.4 is 15.2 Å². The molecule has 29 heavy (non-hydrogen) atoms. The molecule has 7 rings (SSSR count). The molecule has 1 aromatic carbocycles. The molecule has 3 heterocycles. The number of methoxy groups -OCH3 is 1. The zero-order valence-electron chi connectivity index (χ0n) is 16.5. The molecule has 0 amide bonds. The number of hydrogen-bond acceptors (Lipinski definition) is 7. The van der Waals surface area contributed by atoms with Crippen molar-refractivity contribution in [3.8, 4) is 11.5 Å². The first kappa shape index (κ1) is 16.9. The molecule has 2 fully saturated rings. The summed E-state index contributed by atoms with van der Waals surface area (Å²) in [6, 6.07) is 4.30. The summed E-state index contributed by atoms with van der Waals surface area (Å²) in [6.45, 7) is 2.10. The number of nitrogens with two attached hydrogens (primary N) is 1. The molecular weight excluding hydrogens is 386 g/mol. The van der Waals surface area contributed by atoms with Crippen molar-refractivity contribution in [3.63, 3.8) is 0 Å². The van der Waals surface area contributed by atoms with Crippen LogP contribution in [0.3, 0.4) is 0 Å². The molecule has 1 aromatic heterocycles. The fourth-order valence-electron chi connectivity index (χ4n) is 6.76. The van der Waals surface area contributed by atoms with Gasteiger partial charge in [-0.2, -0.15) is 0 Å². The Morgan fingerprint density at radius 2 is 2.28 bits per heavy atom. The van der Waals surface area contributed by atoms with E-state index < -0.39 is 11.0 Å². The molecule has 5 aliphatic rings. The summed E-state index contributed by atoms with van der Waals surface area (Å²) in [5.41, 5.74) is 8.18. The van der Waals surface area contributed by atoms with Crippen LogP contribution in [-0.2, 0) is 18.3 Å². The second-order valence-corrected chi connectivity index (χ2v) is 10.5. The minimum atomic E-state index is -0.900. The van der Waals surface area contributed by atoms with Crippen LogP contribution in [0.4, 0.5) is 5.13 Å². The Kier molecular flexibility index (Phi) is 3.06. The second-order valence-electron chi connectivity index (χ2n) is 9.47. The highest BCUT2D eigenvalue weighted by Crippen LogP contribution is 2.69. The van der Waals surface area contributed by atoms with E-state index in [4.69, 9.17) is 15.2 Å². The number of aromatic nitrogens is 1. The van der Waals surface area contributed by atoms with E-state index in [0.29, 0.717) is 11.6 Å². The first-order valence-electron chi connectivity index (χ1n) is 10.6. The topological polar surface area (TPSA) is 80.8 Å². The average molecular weight is 412 g/mol. The van der Waals surface area contributed by atoms with Crippen molar-refractivity contribution >= 4 is 16.5 Å². The van der Waals surface area contributed by atoms with Crippen molar-refractivity contribution in [2.24, 2.45) is 5.92 Å². The lowest BCUT2D eigenvalue weighted by molar-refractivity contribution is -0.172. The Hall–Kier alpha value is -1.83. The van der Waals surface area contributed by atoms with Crippen LogP contribution in [0.2, 0.25) is 0 Å². The minimum Gasteiger partial charge on any atom is -0.493 e. The standard InChI is InChI=1S/C22H25N3O3S/c1-27-14-5-4-12-8-15-22(26)9-13-18(29-20(23)24-13)19-21(22,16(12)17(14)28-19)6-7-25(15)10-11-2-3-11/h4-5,11,15,19,26H,2-3,6-10H2,1H3,(H2,23,24)/t15-,19+,21+,22-/m1/s1. The van der Waals surface area contributed by atoms with E-state index in [2.05, 4.69) is 16.0 Å². The molecule has 4 atom stereocenters. The Bertz CT molecular complexity index is 1050. The third-order valence-corrected chi connectivity index (χ3v) is 9.11. The summed E-state index contributed by atoms with van der Waals surface area (Å²) >= 11 is 1.52. The number of piperidine rings is 1. The van der Waals surface area contributed by atoms with Gasteiger partial charge in [0.1, 0.15) is 6.10 Å². The van der Waals surface area contributed by atoms with E-state index in [9.17, 15) is 5.11 Å². The lowest BCUT2D eigenvalue weighted by atomic mass is 9.49. The van der Waals surface area contributed by atoms with Gasteiger partial charge in [0.2, 0.25) is 0 Å². The minimum absolute atomic E-state index is 0.0888. The fraction of sp³-hybridized carbons (Fsp3) is 0.591. The summed E-state index contributed by atoms with van der Waals surface area (Å²) < 4.78 is 12.3. The molecule has 152 valence electrons. The molecule has 7 heteroatoms. The number of rotatable bonds is 3. The molecule has 2 bridgehead atoms. The van der Waals surface area contributed by atoms with Crippen LogP contribution >= 0.6 is 11.3 Å². The van der Waals surface area contributed by atoms with Gasteiger partial charge in [-0.3, -0.25) is 4.90 Å². The third-order valence-electron chi connectivity index (χ3n) is 8.14. The van der Waals surface area contributed by atoms with Gasteiger partial charge in [0, 0.05) is 24.6 Å². The van der Waals surface area contributed by atoms with Crippen LogP contribution in [0.15, 0.2) is 12.1 Å². The summed E-state index contributed by atoms with van der Waals surface area (Å²) in [4.78, 5) is 8.26. The molecule has 1 spiro atoms. The van der Waals surface area contributed by atoms with E-state index >= 15 is 0 Å². The zero-order valence-corrected chi connectivity index (χ0v) is 17.3. The van der Waals surface area contributed by atoms with Crippen LogP contribution in [0.1, 0.15) is 47.1 Å². The molecule has 0 unspecified atom stereocenters. The Balaban J connectivity index is 1.50. The first-order valence-corrected chi connectivity index (χ1v) is 11.5.